The number of ether oxygens (including phenoxy) is 1. The predicted molar refractivity (Wildman–Crippen MR) is 139 cm³/mol. The fraction of sp³-hybridized carbons (Fsp3) is 0.520. The van der Waals surface area contributed by atoms with Crippen molar-refractivity contribution >= 4 is 22.0 Å². The lowest BCUT2D eigenvalue weighted by Crippen LogP contribution is -2.51. The first-order chi connectivity index (χ1) is 18.3. The quantitative estimate of drug-likeness (QED) is 0.400. The number of aromatic nitrogens is 6. The lowest BCUT2D eigenvalue weighted by atomic mass is 10.0. The number of fused-ring (bicyclic) bond motifs is 1. The summed E-state index contributed by atoms with van der Waals surface area (Å²) in [4.78, 5) is 13.7. The van der Waals surface area contributed by atoms with Crippen LogP contribution in [-0.2, 0) is 11.2 Å². The van der Waals surface area contributed by atoms with E-state index in [9.17, 15) is 13.2 Å². The molecule has 2 fully saturated rings. The van der Waals surface area contributed by atoms with Gasteiger partial charge in [-0.25, -0.2) is 14.5 Å². The molecule has 2 aliphatic heterocycles. The molecule has 0 bridgehead atoms. The number of pyridine rings is 1. The second-order valence-electron chi connectivity index (χ2n) is 9.93. The van der Waals surface area contributed by atoms with Crippen molar-refractivity contribution in [3.8, 4) is 22.0 Å². The number of hydrogen-bond acceptors (Lipinski definition) is 8. The highest BCUT2D eigenvalue weighted by molar-refractivity contribution is 7.19. The minimum atomic E-state index is -4.41. The van der Waals surface area contributed by atoms with E-state index in [2.05, 4.69) is 30.1 Å². The molecule has 0 aromatic carbocycles. The number of halogens is 3. The van der Waals surface area contributed by atoms with Crippen LogP contribution in [0.25, 0.3) is 27.6 Å². The number of aryl methyl sites for hydroxylation is 2. The number of nitrogens with zero attached hydrogens (tertiary/aromatic N) is 7. The number of nitrogens with one attached hydrogen (secondary N) is 1. The molecule has 2 aliphatic rings. The van der Waals surface area contributed by atoms with Crippen LogP contribution in [0.3, 0.4) is 0 Å². The number of thiazole rings is 1. The van der Waals surface area contributed by atoms with Crippen LogP contribution >= 0.6 is 11.3 Å². The SMILES string of the molecule is Cc1nc(-c2n[nH]c(-c3cc(C)c4ncnn4c3)c2CC(F)(F)F)sc1N1CCN(C2CCOCC2)CC1. The van der Waals surface area contributed by atoms with E-state index in [1.807, 2.05) is 13.8 Å². The van der Waals surface area contributed by atoms with Crippen LogP contribution in [0.15, 0.2) is 18.6 Å². The molecule has 0 atom stereocenters. The molecule has 13 heteroatoms. The van der Waals surface area contributed by atoms with Gasteiger partial charge >= 0.3 is 6.18 Å². The second kappa shape index (κ2) is 9.93. The smallest absolute Gasteiger partial charge is 0.381 e. The zero-order valence-electron chi connectivity index (χ0n) is 21.3. The standard InChI is InChI=1S/C25H29F3N8OS/c1-15-11-17(13-36-22(15)29-14-30-36)20-19(12-25(26,27)28)21(33-32-20)23-31-16(2)24(38-23)35-7-5-34(6-8-35)18-3-9-37-10-4-18/h11,13-14,18H,3-10,12H2,1-2H3,(H,32,33). The first-order valence-electron chi connectivity index (χ1n) is 12.8. The van der Waals surface area contributed by atoms with E-state index in [0.717, 1.165) is 68.5 Å². The van der Waals surface area contributed by atoms with Crippen LogP contribution in [0.5, 0.6) is 0 Å². The Morgan fingerprint density at radius 2 is 1.89 bits per heavy atom. The van der Waals surface area contributed by atoms with Crippen molar-refractivity contribution in [2.75, 3.05) is 44.3 Å². The van der Waals surface area contributed by atoms with Gasteiger partial charge in [-0.3, -0.25) is 10.00 Å². The van der Waals surface area contributed by atoms with E-state index >= 15 is 0 Å². The minimum absolute atomic E-state index is 0.0843. The topological polar surface area (TPSA) is 87.5 Å². The highest BCUT2D eigenvalue weighted by atomic mass is 32.1. The highest BCUT2D eigenvalue weighted by Gasteiger charge is 2.34. The Labute approximate surface area is 221 Å². The minimum Gasteiger partial charge on any atom is -0.381 e. The average Bonchev–Trinajstić information content (AvgIpc) is 3.62. The number of rotatable bonds is 5. The van der Waals surface area contributed by atoms with Gasteiger partial charge in [-0.05, 0) is 38.3 Å². The van der Waals surface area contributed by atoms with Gasteiger partial charge in [0.15, 0.2) is 5.65 Å². The third kappa shape index (κ3) is 4.90. The molecule has 6 rings (SSSR count). The molecule has 9 nitrogen and oxygen atoms in total. The molecule has 4 aromatic heterocycles. The van der Waals surface area contributed by atoms with Crippen molar-refractivity contribution in [2.45, 2.75) is 45.3 Å². The lowest BCUT2D eigenvalue weighted by Gasteiger charge is -2.41. The number of aromatic amines is 1. The van der Waals surface area contributed by atoms with Crippen LogP contribution in [0.4, 0.5) is 18.2 Å². The van der Waals surface area contributed by atoms with Crippen LogP contribution in [-0.4, -0.2) is 86.3 Å². The first kappa shape index (κ1) is 25.3. The Bertz CT molecular complexity index is 1430. The molecule has 0 radical (unpaired) electrons. The third-order valence-corrected chi connectivity index (χ3v) is 8.60. The van der Waals surface area contributed by atoms with Gasteiger partial charge in [-0.2, -0.15) is 23.4 Å². The number of hydrogen-bond donors (Lipinski definition) is 1. The molecule has 0 saturated carbocycles. The molecule has 6 heterocycles. The van der Waals surface area contributed by atoms with Crippen molar-refractivity contribution < 1.29 is 17.9 Å². The van der Waals surface area contributed by atoms with Gasteiger partial charge in [-0.1, -0.05) is 11.3 Å². The molecule has 38 heavy (non-hydrogen) atoms. The van der Waals surface area contributed by atoms with E-state index in [-0.39, 0.29) is 11.3 Å². The van der Waals surface area contributed by atoms with Gasteiger partial charge in [0.25, 0.3) is 0 Å². The number of alkyl halides is 3. The maximum atomic E-state index is 13.8. The Balaban J connectivity index is 1.30. The van der Waals surface area contributed by atoms with E-state index in [1.165, 1.54) is 17.7 Å². The summed E-state index contributed by atoms with van der Waals surface area (Å²) in [5, 5.41) is 12.9. The fourth-order valence-electron chi connectivity index (χ4n) is 5.51. The Morgan fingerprint density at radius 3 is 2.63 bits per heavy atom. The average molecular weight is 547 g/mol. The van der Waals surface area contributed by atoms with E-state index in [0.29, 0.717) is 28.0 Å². The van der Waals surface area contributed by atoms with Crippen LogP contribution in [0.1, 0.15) is 29.7 Å². The Kier molecular flexibility index (Phi) is 6.60. The summed E-state index contributed by atoms with van der Waals surface area (Å²) in [5.74, 6) is 0. The van der Waals surface area contributed by atoms with E-state index in [1.54, 1.807) is 16.8 Å². The van der Waals surface area contributed by atoms with Crippen LogP contribution in [0.2, 0.25) is 0 Å². The molecular formula is C25H29F3N8OS. The molecule has 0 spiro atoms. The van der Waals surface area contributed by atoms with Gasteiger partial charge in [-0.15, -0.1) is 0 Å². The maximum absolute atomic E-state index is 13.8. The number of piperazine rings is 1. The maximum Gasteiger partial charge on any atom is 0.393 e. The van der Waals surface area contributed by atoms with Gasteiger partial charge < -0.3 is 9.64 Å². The molecule has 4 aromatic rings. The zero-order valence-corrected chi connectivity index (χ0v) is 22.1. The van der Waals surface area contributed by atoms with Crippen molar-refractivity contribution in [2.24, 2.45) is 0 Å². The Morgan fingerprint density at radius 1 is 1.13 bits per heavy atom. The van der Waals surface area contributed by atoms with Crippen molar-refractivity contribution in [3.05, 3.63) is 35.4 Å². The summed E-state index contributed by atoms with van der Waals surface area (Å²) in [6, 6.07) is 2.37. The van der Waals surface area contributed by atoms with Crippen molar-refractivity contribution in [3.63, 3.8) is 0 Å². The summed E-state index contributed by atoms with van der Waals surface area (Å²) in [6.07, 6.45) is -0.295. The summed E-state index contributed by atoms with van der Waals surface area (Å²) in [6.45, 7) is 9.03. The highest BCUT2D eigenvalue weighted by Crippen LogP contribution is 2.40. The molecule has 0 amide bonds. The van der Waals surface area contributed by atoms with Gasteiger partial charge in [0.1, 0.15) is 22.0 Å². The molecule has 202 valence electrons. The largest absolute Gasteiger partial charge is 0.393 e. The molecule has 0 aliphatic carbocycles. The molecular weight excluding hydrogens is 517 g/mol. The third-order valence-electron chi connectivity index (χ3n) is 7.38. The van der Waals surface area contributed by atoms with Gasteiger partial charge in [0.2, 0.25) is 0 Å². The predicted octanol–water partition coefficient (Wildman–Crippen LogP) is 4.27. The van der Waals surface area contributed by atoms with Crippen LogP contribution < -0.4 is 4.90 Å². The molecule has 0 unspecified atom stereocenters. The van der Waals surface area contributed by atoms with Crippen molar-refractivity contribution in [1.82, 2.24) is 34.7 Å². The summed E-state index contributed by atoms with van der Waals surface area (Å²) >= 11 is 1.41. The summed E-state index contributed by atoms with van der Waals surface area (Å²) in [7, 11) is 0. The number of anilines is 1. The van der Waals surface area contributed by atoms with Crippen molar-refractivity contribution in [1.29, 1.82) is 0 Å². The Hall–Kier alpha value is -3.03. The number of H-pyrrole nitrogens is 1. The normalized spacial score (nSPS) is 18.1. The first-order valence-corrected chi connectivity index (χ1v) is 13.6. The monoisotopic (exact) mass is 546 g/mol. The second-order valence-corrected chi connectivity index (χ2v) is 10.9. The van der Waals surface area contributed by atoms with Crippen LogP contribution in [0, 0.1) is 13.8 Å². The summed E-state index contributed by atoms with van der Waals surface area (Å²) < 4.78 is 48.3. The van der Waals surface area contributed by atoms with E-state index < -0.39 is 12.6 Å². The van der Waals surface area contributed by atoms with E-state index in [4.69, 9.17) is 9.72 Å². The van der Waals surface area contributed by atoms with Gasteiger partial charge in [0.05, 0.1) is 17.8 Å². The summed E-state index contributed by atoms with van der Waals surface area (Å²) in [5.41, 5.74) is 3.49. The fourth-order valence-corrected chi connectivity index (χ4v) is 6.64. The lowest BCUT2D eigenvalue weighted by molar-refractivity contribution is -0.127. The molecule has 2 saturated heterocycles. The molecule has 1 N–H and O–H groups in total. The zero-order chi connectivity index (χ0) is 26.4. The van der Waals surface area contributed by atoms with Gasteiger partial charge in [0, 0.05) is 62.8 Å².